The first-order chi connectivity index (χ1) is 8.55. The molecule has 0 bridgehead atoms. The number of likely N-dealkylation sites (N-methyl/N-ethyl adjacent to an activating group) is 1. The Morgan fingerprint density at radius 3 is 2.26 bits per heavy atom. The van der Waals surface area contributed by atoms with Crippen molar-refractivity contribution < 1.29 is 18.0 Å². The molecular weight excluding hydrogens is 259 g/mol. The fourth-order valence-electron chi connectivity index (χ4n) is 2.23. The molecule has 0 saturated carbocycles. The van der Waals surface area contributed by atoms with Crippen molar-refractivity contribution in [1.29, 1.82) is 0 Å². The van der Waals surface area contributed by atoms with Crippen LogP contribution < -0.4 is 5.73 Å². The third kappa shape index (κ3) is 3.82. The maximum Gasteiger partial charge on any atom is 0.415 e. The van der Waals surface area contributed by atoms with Gasteiger partial charge < -0.3 is 15.5 Å². The van der Waals surface area contributed by atoms with Crippen LogP contribution in [0.4, 0.5) is 13.2 Å². The van der Waals surface area contributed by atoms with Gasteiger partial charge in [0, 0.05) is 13.6 Å². The van der Waals surface area contributed by atoms with E-state index in [4.69, 9.17) is 5.73 Å². The number of nitrogens with two attached hydrogens (primary N) is 1. The summed E-state index contributed by atoms with van der Waals surface area (Å²) in [6.07, 6.45) is -2.95. The molecule has 0 spiro atoms. The summed E-state index contributed by atoms with van der Waals surface area (Å²) in [4.78, 5) is 15.1. The van der Waals surface area contributed by atoms with Gasteiger partial charge in [0.25, 0.3) is 5.91 Å². The van der Waals surface area contributed by atoms with E-state index in [0.717, 1.165) is 37.8 Å². The minimum Gasteiger partial charge on any atom is -0.344 e. The van der Waals surface area contributed by atoms with Gasteiger partial charge in [0.1, 0.15) is 0 Å². The number of halogens is 3. The standard InChI is InChI=1S/C12H22F3N3O/c1-11(16,12(13,14)15)10(19)18(3)8-9-4-6-17(2)7-5-9/h9H,4-8,16H2,1-3H3. The summed E-state index contributed by atoms with van der Waals surface area (Å²) in [5.74, 6) is -0.826. The number of likely N-dealkylation sites (tertiary alicyclic amines) is 1. The van der Waals surface area contributed by atoms with Crippen molar-refractivity contribution in [2.45, 2.75) is 31.5 Å². The number of amides is 1. The van der Waals surface area contributed by atoms with E-state index >= 15 is 0 Å². The number of alkyl halides is 3. The Kier molecular flexibility index (Phi) is 4.84. The molecule has 0 aromatic heterocycles. The number of rotatable bonds is 3. The zero-order valence-corrected chi connectivity index (χ0v) is 11.6. The lowest BCUT2D eigenvalue weighted by Gasteiger charge is -2.35. The number of hydrogen-bond donors (Lipinski definition) is 1. The zero-order chi connectivity index (χ0) is 14.8. The van der Waals surface area contributed by atoms with Gasteiger partial charge in [0.2, 0.25) is 0 Å². The second-order valence-electron chi connectivity index (χ2n) is 5.63. The molecule has 4 nitrogen and oxygen atoms in total. The molecule has 0 aromatic carbocycles. The molecule has 1 heterocycles. The number of hydrogen-bond acceptors (Lipinski definition) is 3. The summed E-state index contributed by atoms with van der Waals surface area (Å²) in [7, 11) is 3.39. The summed E-state index contributed by atoms with van der Waals surface area (Å²) in [6, 6.07) is 0. The van der Waals surface area contributed by atoms with Crippen LogP contribution >= 0.6 is 0 Å². The first-order valence-corrected chi connectivity index (χ1v) is 6.35. The highest BCUT2D eigenvalue weighted by Gasteiger charge is 2.55. The van der Waals surface area contributed by atoms with Gasteiger partial charge in [-0.05, 0) is 45.8 Å². The van der Waals surface area contributed by atoms with Gasteiger partial charge in [0.15, 0.2) is 5.54 Å². The number of carbonyl (C=O) groups excluding carboxylic acids is 1. The quantitative estimate of drug-likeness (QED) is 0.842. The molecule has 1 unspecified atom stereocenters. The van der Waals surface area contributed by atoms with Gasteiger partial charge in [-0.2, -0.15) is 13.2 Å². The van der Waals surface area contributed by atoms with E-state index in [-0.39, 0.29) is 5.92 Å². The molecule has 1 fully saturated rings. The molecular formula is C12H22F3N3O. The average Bonchev–Trinajstić information content (AvgIpc) is 2.29. The van der Waals surface area contributed by atoms with Crippen molar-refractivity contribution in [3.8, 4) is 0 Å². The Morgan fingerprint density at radius 2 is 1.84 bits per heavy atom. The average molecular weight is 281 g/mol. The molecule has 19 heavy (non-hydrogen) atoms. The van der Waals surface area contributed by atoms with Crippen molar-refractivity contribution in [3.63, 3.8) is 0 Å². The van der Waals surface area contributed by atoms with Gasteiger partial charge in [-0.15, -0.1) is 0 Å². The van der Waals surface area contributed by atoms with Gasteiger partial charge >= 0.3 is 6.18 Å². The SMILES string of the molecule is CN1CCC(CN(C)C(=O)C(C)(N)C(F)(F)F)CC1. The molecule has 1 saturated heterocycles. The van der Waals surface area contributed by atoms with Crippen LogP contribution in [0.1, 0.15) is 19.8 Å². The molecule has 7 heteroatoms. The maximum absolute atomic E-state index is 12.7. The van der Waals surface area contributed by atoms with Crippen LogP contribution in [0.25, 0.3) is 0 Å². The van der Waals surface area contributed by atoms with E-state index in [9.17, 15) is 18.0 Å². The van der Waals surface area contributed by atoms with Crippen molar-refractivity contribution in [1.82, 2.24) is 9.80 Å². The molecule has 1 amide bonds. The van der Waals surface area contributed by atoms with Gasteiger partial charge in [-0.25, -0.2) is 0 Å². The second-order valence-corrected chi connectivity index (χ2v) is 5.63. The summed E-state index contributed by atoms with van der Waals surface area (Å²) < 4.78 is 38.1. The third-order valence-electron chi connectivity index (χ3n) is 3.75. The molecule has 0 radical (unpaired) electrons. The predicted molar refractivity (Wildman–Crippen MR) is 66.5 cm³/mol. The lowest BCUT2D eigenvalue weighted by Crippen LogP contribution is -2.62. The maximum atomic E-state index is 12.7. The van der Waals surface area contributed by atoms with Crippen LogP contribution in [-0.4, -0.2) is 61.2 Å². The minimum absolute atomic E-state index is 0.245. The van der Waals surface area contributed by atoms with E-state index in [1.807, 2.05) is 7.05 Å². The Morgan fingerprint density at radius 1 is 1.37 bits per heavy atom. The van der Waals surface area contributed by atoms with Crippen molar-refractivity contribution in [2.75, 3.05) is 33.7 Å². The van der Waals surface area contributed by atoms with Crippen molar-refractivity contribution in [3.05, 3.63) is 0 Å². The van der Waals surface area contributed by atoms with E-state index < -0.39 is 17.6 Å². The summed E-state index contributed by atoms with van der Waals surface area (Å²) in [5, 5.41) is 0. The highest BCUT2D eigenvalue weighted by Crippen LogP contribution is 2.29. The summed E-state index contributed by atoms with van der Waals surface area (Å²) in [5.41, 5.74) is 2.33. The normalized spacial score (nSPS) is 22.1. The Hall–Kier alpha value is -0.820. The van der Waals surface area contributed by atoms with E-state index in [0.29, 0.717) is 6.54 Å². The summed E-state index contributed by atoms with van der Waals surface area (Å²) >= 11 is 0. The lowest BCUT2D eigenvalue weighted by molar-refractivity contribution is -0.193. The molecule has 0 aliphatic carbocycles. The first kappa shape index (κ1) is 16.2. The van der Waals surface area contributed by atoms with Crippen molar-refractivity contribution >= 4 is 5.91 Å². The van der Waals surface area contributed by atoms with E-state index in [2.05, 4.69) is 4.90 Å². The third-order valence-corrected chi connectivity index (χ3v) is 3.75. The zero-order valence-electron chi connectivity index (χ0n) is 11.6. The van der Waals surface area contributed by atoms with E-state index in [1.165, 1.54) is 7.05 Å². The molecule has 1 atom stereocenters. The first-order valence-electron chi connectivity index (χ1n) is 6.35. The van der Waals surface area contributed by atoms with Gasteiger partial charge in [0.05, 0.1) is 0 Å². The highest BCUT2D eigenvalue weighted by atomic mass is 19.4. The molecule has 112 valence electrons. The van der Waals surface area contributed by atoms with Crippen LogP contribution in [0.5, 0.6) is 0 Å². The van der Waals surface area contributed by atoms with E-state index in [1.54, 1.807) is 0 Å². The van der Waals surface area contributed by atoms with Crippen LogP contribution in [0.2, 0.25) is 0 Å². The predicted octanol–water partition coefficient (Wildman–Crippen LogP) is 1.07. The Bertz CT molecular complexity index is 323. The largest absolute Gasteiger partial charge is 0.415 e. The van der Waals surface area contributed by atoms with Crippen LogP contribution in [0.15, 0.2) is 0 Å². The fourth-order valence-corrected chi connectivity index (χ4v) is 2.23. The minimum atomic E-state index is -4.73. The lowest BCUT2D eigenvalue weighted by atomic mass is 9.95. The van der Waals surface area contributed by atoms with Crippen molar-refractivity contribution in [2.24, 2.45) is 11.7 Å². The molecule has 2 N–H and O–H groups in total. The molecule has 1 aliphatic heterocycles. The number of carbonyl (C=O) groups is 1. The highest BCUT2D eigenvalue weighted by molar-refractivity contribution is 5.86. The fraction of sp³-hybridized carbons (Fsp3) is 0.917. The topological polar surface area (TPSA) is 49.6 Å². The van der Waals surface area contributed by atoms with Gasteiger partial charge in [-0.3, -0.25) is 4.79 Å². The monoisotopic (exact) mass is 281 g/mol. The smallest absolute Gasteiger partial charge is 0.344 e. The molecule has 0 aromatic rings. The molecule has 1 rings (SSSR count). The van der Waals surface area contributed by atoms with Gasteiger partial charge in [-0.1, -0.05) is 0 Å². The van der Waals surface area contributed by atoms with Crippen LogP contribution in [-0.2, 0) is 4.79 Å². The Balaban J connectivity index is 2.58. The number of piperidine rings is 1. The summed E-state index contributed by atoms with van der Waals surface area (Å²) in [6.45, 7) is 2.87. The number of nitrogens with zero attached hydrogens (tertiary/aromatic N) is 2. The Labute approximate surface area is 111 Å². The van der Waals surface area contributed by atoms with Crippen LogP contribution in [0.3, 0.4) is 0 Å². The van der Waals surface area contributed by atoms with Crippen LogP contribution in [0, 0.1) is 5.92 Å². The second kappa shape index (κ2) is 5.66. The molecule has 1 aliphatic rings.